The minimum absolute atomic E-state index is 0.279. The largest absolute Gasteiger partial charge is 0.373 e. The number of rotatable bonds is 3. The maximum absolute atomic E-state index is 13.7. The van der Waals surface area contributed by atoms with E-state index in [0.29, 0.717) is 16.4 Å². The molecule has 2 rings (SSSR count). The molecule has 1 N–H and O–H groups in total. The molecule has 0 aliphatic rings. The molecule has 0 amide bonds. The maximum Gasteiger partial charge on any atom is 0.135 e. The van der Waals surface area contributed by atoms with E-state index in [9.17, 15) is 4.39 Å². The zero-order valence-electron chi connectivity index (χ0n) is 11.1. The van der Waals surface area contributed by atoms with Gasteiger partial charge in [-0.25, -0.2) is 14.4 Å². The first kappa shape index (κ1) is 13.7. The SMILES string of the molecule is CNc1nc(Cc2c(F)cccc2Cl)nc(C)c1C. The fourth-order valence-corrected chi connectivity index (χ4v) is 2.10. The van der Waals surface area contributed by atoms with Crippen molar-refractivity contribution in [3.63, 3.8) is 0 Å². The molecule has 0 bridgehead atoms. The Hall–Kier alpha value is -1.68. The van der Waals surface area contributed by atoms with E-state index in [-0.39, 0.29) is 12.2 Å². The van der Waals surface area contributed by atoms with E-state index in [1.807, 2.05) is 13.8 Å². The number of nitrogens with one attached hydrogen (secondary N) is 1. The summed E-state index contributed by atoms with van der Waals surface area (Å²) >= 11 is 6.01. The second-order valence-corrected chi connectivity index (χ2v) is 4.73. The number of aromatic nitrogens is 2. The van der Waals surface area contributed by atoms with Gasteiger partial charge in [0.2, 0.25) is 0 Å². The van der Waals surface area contributed by atoms with Crippen LogP contribution >= 0.6 is 11.6 Å². The molecule has 5 heteroatoms. The molecule has 0 atom stereocenters. The first-order valence-corrected chi connectivity index (χ1v) is 6.35. The van der Waals surface area contributed by atoms with E-state index in [1.165, 1.54) is 6.07 Å². The predicted molar refractivity (Wildman–Crippen MR) is 75.3 cm³/mol. The van der Waals surface area contributed by atoms with Crippen molar-refractivity contribution in [3.8, 4) is 0 Å². The number of anilines is 1. The van der Waals surface area contributed by atoms with Gasteiger partial charge < -0.3 is 5.32 Å². The lowest BCUT2D eigenvalue weighted by Crippen LogP contribution is -2.07. The minimum atomic E-state index is -0.333. The first-order chi connectivity index (χ1) is 9.02. The quantitative estimate of drug-likeness (QED) is 0.934. The van der Waals surface area contributed by atoms with Crippen molar-refractivity contribution in [3.05, 3.63) is 51.7 Å². The molecule has 1 heterocycles. The Balaban J connectivity index is 2.41. The second kappa shape index (κ2) is 5.53. The Morgan fingerprint density at radius 2 is 2.00 bits per heavy atom. The Labute approximate surface area is 116 Å². The Morgan fingerprint density at radius 3 is 2.63 bits per heavy atom. The highest BCUT2D eigenvalue weighted by Crippen LogP contribution is 2.22. The lowest BCUT2D eigenvalue weighted by atomic mass is 10.1. The van der Waals surface area contributed by atoms with Gasteiger partial charge >= 0.3 is 0 Å². The predicted octanol–water partition coefficient (Wildman–Crippen LogP) is 3.52. The van der Waals surface area contributed by atoms with Crippen LogP contribution in [0.2, 0.25) is 5.02 Å². The molecule has 0 radical (unpaired) electrons. The number of nitrogens with zero attached hydrogens (tertiary/aromatic N) is 2. The lowest BCUT2D eigenvalue weighted by Gasteiger charge is -2.10. The van der Waals surface area contributed by atoms with Gasteiger partial charge in [0.15, 0.2) is 0 Å². The molecule has 19 heavy (non-hydrogen) atoms. The zero-order valence-corrected chi connectivity index (χ0v) is 11.8. The third-order valence-corrected chi connectivity index (χ3v) is 3.42. The van der Waals surface area contributed by atoms with E-state index in [1.54, 1.807) is 19.2 Å². The Bertz CT molecular complexity index is 594. The molecule has 1 aromatic carbocycles. The molecular formula is C14H15ClFN3. The highest BCUT2D eigenvalue weighted by molar-refractivity contribution is 6.31. The average molecular weight is 280 g/mol. The number of halogens is 2. The van der Waals surface area contributed by atoms with E-state index in [4.69, 9.17) is 11.6 Å². The summed E-state index contributed by atoms with van der Waals surface area (Å²) in [6.07, 6.45) is 0.279. The van der Waals surface area contributed by atoms with Gasteiger partial charge in [-0.1, -0.05) is 17.7 Å². The zero-order chi connectivity index (χ0) is 14.0. The molecular weight excluding hydrogens is 265 g/mol. The number of aryl methyl sites for hydroxylation is 1. The van der Waals surface area contributed by atoms with Crippen molar-refractivity contribution in [2.75, 3.05) is 12.4 Å². The van der Waals surface area contributed by atoms with Crippen LogP contribution in [-0.4, -0.2) is 17.0 Å². The van der Waals surface area contributed by atoms with Crippen LogP contribution in [0.5, 0.6) is 0 Å². The van der Waals surface area contributed by atoms with Crippen LogP contribution in [0.25, 0.3) is 0 Å². The van der Waals surface area contributed by atoms with Crippen molar-refractivity contribution in [1.82, 2.24) is 9.97 Å². The van der Waals surface area contributed by atoms with Crippen LogP contribution in [0.1, 0.15) is 22.6 Å². The molecule has 0 unspecified atom stereocenters. The highest BCUT2D eigenvalue weighted by atomic mass is 35.5. The monoisotopic (exact) mass is 279 g/mol. The molecule has 0 fully saturated rings. The van der Waals surface area contributed by atoms with E-state index >= 15 is 0 Å². The summed E-state index contributed by atoms with van der Waals surface area (Å²) in [5.41, 5.74) is 2.29. The number of hydrogen-bond acceptors (Lipinski definition) is 3. The molecule has 100 valence electrons. The van der Waals surface area contributed by atoms with Crippen molar-refractivity contribution < 1.29 is 4.39 Å². The van der Waals surface area contributed by atoms with E-state index in [2.05, 4.69) is 15.3 Å². The summed E-state index contributed by atoms with van der Waals surface area (Å²) < 4.78 is 13.7. The molecule has 3 nitrogen and oxygen atoms in total. The summed E-state index contributed by atoms with van der Waals surface area (Å²) in [5, 5.41) is 3.41. The van der Waals surface area contributed by atoms with Gasteiger partial charge in [-0.05, 0) is 26.0 Å². The smallest absolute Gasteiger partial charge is 0.135 e. The number of benzene rings is 1. The highest BCUT2D eigenvalue weighted by Gasteiger charge is 2.12. The van der Waals surface area contributed by atoms with Crippen molar-refractivity contribution in [1.29, 1.82) is 0 Å². The summed E-state index contributed by atoms with van der Waals surface area (Å²) in [5.74, 6) is 0.981. The average Bonchev–Trinajstić information content (AvgIpc) is 2.38. The molecule has 2 aromatic rings. The third-order valence-electron chi connectivity index (χ3n) is 3.07. The number of hydrogen-bond donors (Lipinski definition) is 1. The summed E-state index contributed by atoms with van der Waals surface area (Å²) in [4.78, 5) is 8.76. The molecule has 0 saturated carbocycles. The van der Waals surface area contributed by atoms with Gasteiger partial charge in [0.1, 0.15) is 17.5 Å². The van der Waals surface area contributed by atoms with Gasteiger partial charge in [0.05, 0.1) is 0 Å². The second-order valence-electron chi connectivity index (χ2n) is 4.33. The van der Waals surface area contributed by atoms with Crippen LogP contribution in [0, 0.1) is 19.7 Å². The van der Waals surface area contributed by atoms with Gasteiger partial charge in [-0.2, -0.15) is 0 Å². The van der Waals surface area contributed by atoms with Gasteiger partial charge in [-0.3, -0.25) is 0 Å². The van der Waals surface area contributed by atoms with Crippen LogP contribution in [0.3, 0.4) is 0 Å². The minimum Gasteiger partial charge on any atom is -0.373 e. The van der Waals surface area contributed by atoms with Gasteiger partial charge in [0.25, 0.3) is 0 Å². The molecule has 0 spiro atoms. The van der Waals surface area contributed by atoms with E-state index < -0.39 is 0 Å². The van der Waals surface area contributed by atoms with Crippen LogP contribution in [-0.2, 0) is 6.42 Å². The molecule has 1 aromatic heterocycles. The fourth-order valence-electron chi connectivity index (χ4n) is 1.87. The topological polar surface area (TPSA) is 37.8 Å². The molecule has 0 aliphatic carbocycles. The Morgan fingerprint density at radius 1 is 1.26 bits per heavy atom. The van der Waals surface area contributed by atoms with Crippen LogP contribution in [0.4, 0.5) is 10.2 Å². The van der Waals surface area contributed by atoms with Crippen LogP contribution < -0.4 is 5.32 Å². The third kappa shape index (κ3) is 2.84. The Kier molecular flexibility index (Phi) is 4.00. The van der Waals surface area contributed by atoms with Crippen LogP contribution in [0.15, 0.2) is 18.2 Å². The van der Waals surface area contributed by atoms with Gasteiger partial charge in [0, 0.05) is 35.3 Å². The van der Waals surface area contributed by atoms with Crippen molar-refractivity contribution >= 4 is 17.4 Å². The lowest BCUT2D eigenvalue weighted by molar-refractivity contribution is 0.612. The summed E-state index contributed by atoms with van der Waals surface area (Å²) in [6, 6.07) is 4.64. The van der Waals surface area contributed by atoms with E-state index in [0.717, 1.165) is 17.1 Å². The van der Waals surface area contributed by atoms with Gasteiger partial charge in [-0.15, -0.1) is 0 Å². The first-order valence-electron chi connectivity index (χ1n) is 5.97. The molecule has 0 saturated heterocycles. The van der Waals surface area contributed by atoms with Crippen molar-refractivity contribution in [2.24, 2.45) is 0 Å². The maximum atomic E-state index is 13.7. The normalized spacial score (nSPS) is 10.6. The summed E-state index contributed by atoms with van der Waals surface area (Å²) in [6.45, 7) is 3.85. The van der Waals surface area contributed by atoms with Crippen molar-refractivity contribution in [2.45, 2.75) is 20.3 Å². The fraction of sp³-hybridized carbons (Fsp3) is 0.286. The summed E-state index contributed by atoms with van der Waals surface area (Å²) in [7, 11) is 1.80. The molecule has 0 aliphatic heterocycles. The standard InChI is InChI=1S/C14H15ClFN3/c1-8-9(2)18-13(19-14(8)17-3)7-10-11(15)5-4-6-12(10)16/h4-6H,7H2,1-3H3,(H,17,18,19).